The smallest absolute Gasteiger partial charge is 0.227 e. The van der Waals surface area contributed by atoms with Crippen LogP contribution in [0.25, 0.3) is 0 Å². The van der Waals surface area contributed by atoms with Gasteiger partial charge in [0.05, 0.1) is 0 Å². The topological polar surface area (TPSA) is 40.6 Å². The number of rotatable bonds is 3. The van der Waals surface area contributed by atoms with Gasteiger partial charge in [0.15, 0.2) is 0 Å². The van der Waals surface area contributed by atoms with Crippen molar-refractivity contribution in [2.24, 2.45) is 5.92 Å². The molecule has 2 heterocycles. The second-order valence-corrected chi connectivity index (χ2v) is 4.91. The first kappa shape index (κ1) is 12.9. The van der Waals surface area contributed by atoms with Crippen LogP contribution in [0.1, 0.15) is 32.1 Å². The highest BCUT2D eigenvalue weighted by Crippen LogP contribution is 2.21. The monoisotopic (exact) mass is 248 g/mol. The van der Waals surface area contributed by atoms with Crippen molar-refractivity contribution in [1.29, 1.82) is 0 Å². The molecule has 0 saturated carbocycles. The zero-order valence-corrected chi connectivity index (χ0v) is 10.7. The average Bonchev–Trinajstić information content (AvgIpc) is 2.67. The average molecular weight is 248 g/mol. The van der Waals surface area contributed by atoms with Crippen molar-refractivity contribution in [2.45, 2.75) is 32.1 Å². The lowest BCUT2D eigenvalue weighted by Crippen LogP contribution is -2.24. The normalized spacial score (nSPS) is 25.9. The molecule has 0 spiro atoms. The number of likely N-dealkylation sites (tertiary alicyclic amines) is 2. The molecule has 1 unspecified atom stereocenters. The Kier molecular flexibility index (Phi) is 4.18. The number of carbonyl (C=O) groups is 2. The van der Waals surface area contributed by atoms with Gasteiger partial charge in [0.1, 0.15) is 0 Å². The van der Waals surface area contributed by atoms with E-state index in [1.165, 1.54) is 0 Å². The first-order chi connectivity index (χ1) is 8.70. The highest BCUT2D eigenvalue weighted by Gasteiger charge is 2.21. The van der Waals surface area contributed by atoms with Crippen LogP contribution in [0.15, 0.2) is 25.1 Å². The predicted octanol–water partition coefficient (Wildman–Crippen LogP) is 1.89. The van der Waals surface area contributed by atoms with E-state index in [1.54, 1.807) is 16.0 Å². The summed E-state index contributed by atoms with van der Waals surface area (Å²) in [6, 6.07) is 0. The molecule has 0 radical (unpaired) electrons. The molecule has 2 aliphatic rings. The minimum absolute atomic E-state index is 0.130. The number of carbonyl (C=O) groups excluding carboxylic acids is 2. The van der Waals surface area contributed by atoms with E-state index in [1.807, 2.05) is 12.3 Å². The van der Waals surface area contributed by atoms with Gasteiger partial charge in [-0.3, -0.25) is 9.59 Å². The second-order valence-electron chi connectivity index (χ2n) is 4.91. The lowest BCUT2D eigenvalue weighted by molar-refractivity contribution is -0.128. The van der Waals surface area contributed by atoms with Crippen LogP contribution < -0.4 is 0 Å². The Morgan fingerprint density at radius 3 is 2.56 bits per heavy atom. The summed E-state index contributed by atoms with van der Waals surface area (Å²) in [5.41, 5.74) is 0. The summed E-state index contributed by atoms with van der Waals surface area (Å²) < 4.78 is 0. The summed E-state index contributed by atoms with van der Waals surface area (Å²) in [6.07, 6.45) is 9.60. The van der Waals surface area contributed by atoms with Crippen molar-refractivity contribution in [3.8, 4) is 0 Å². The Morgan fingerprint density at radius 1 is 1.11 bits per heavy atom. The minimum atomic E-state index is 0.130. The molecule has 2 saturated heterocycles. The predicted molar refractivity (Wildman–Crippen MR) is 69.3 cm³/mol. The maximum Gasteiger partial charge on any atom is 0.227 e. The molecular formula is C14H20N2O2. The number of allylic oxidation sites excluding steroid dienone is 1. The van der Waals surface area contributed by atoms with Gasteiger partial charge in [-0.15, -0.1) is 0 Å². The number of hydrogen-bond donors (Lipinski definition) is 0. The minimum Gasteiger partial charge on any atom is -0.320 e. The molecule has 0 aliphatic carbocycles. The van der Waals surface area contributed by atoms with Crippen molar-refractivity contribution >= 4 is 11.8 Å². The maximum absolute atomic E-state index is 11.9. The Morgan fingerprint density at radius 2 is 1.89 bits per heavy atom. The van der Waals surface area contributed by atoms with Gasteiger partial charge in [0.2, 0.25) is 11.8 Å². The van der Waals surface area contributed by atoms with Crippen molar-refractivity contribution in [1.82, 2.24) is 9.80 Å². The van der Waals surface area contributed by atoms with Gasteiger partial charge in [-0.1, -0.05) is 12.7 Å². The molecule has 2 amide bonds. The third kappa shape index (κ3) is 3.00. The first-order valence-electron chi connectivity index (χ1n) is 6.60. The largest absolute Gasteiger partial charge is 0.320 e. The Labute approximate surface area is 108 Å². The van der Waals surface area contributed by atoms with Gasteiger partial charge >= 0.3 is 0 Å². The molecule has 4 heteroatoms. The van der Waals surface area contributed by atoms with Gasteiger partial charge in [-0.2, -0.15) is 0 Å². The van der Waals surface area contributed by atoms with E-state index in [9.17, 15) is 9.59 Å². The van der Waals surface area contributed by atoms with Gasteiger partial charge in [-0.05, 0) is 31.4 Å². The Bertz CT molecular complexity index is 376. The fraction of sp³-hybridized carbons (Fsp3) is 0.571. The summed E-state index contributed by atoms with van der Waals surface area (Å²) in [4.78, 5) is 26.8. The maximum atomic E-state index is 11.9. The summed E-state index contributed by atoms with van der Waals surface area (Å²) >= 11 is 0. The SMILES string of the molecule is C=CN1CCCC(/C=C/N2CCCC2=O)CC1=O. The molecule has 2 aliphatic heterocycles. The van der Waals surface area contributed by atoms with E-state index in [0.717, 1.165) is 32.4 Å². The van der Waals surface area contributed by atoms with E-state index in [0.29, 0.717) is 12.8 Å². The second kappa shape index (κ2) is 5.85. The molecule has 98 valence electrons. The third-order valence-corrected chi connectivity index (χ3v) is 3.60. The zero-order chi connectivity index (χ0) is 13.0. The van der Waals surface area contributed by atoms with Crippen LogP contribution in [0.3, 0.4) is 0 Å². The molecule has 0 N–H and O–H groups in total. The third-order valence-electron chi connectivity index (χ3n) is 3.60. The van der Waals surface area contributed by atoms with Gasteiger partial charge in [0.25, 0.3) is 0 Å². The molecule has 2 rings (SSSR count). The standard InChI is InChI=1S/C14H20N2O2/c1-2-15-8-3-5-12(11-14(15)18)7-10-16-9-4-6-13(16)17/h2,7,10,12H,1,3-6,8-9,11H2/b10-7+. The highest BCUT2D eigenvalue weighted by atomic mass is 16.2. The molecule has 1 atom stereocenters. The summed E-state index contributed by atoms with van der Waals surface area (Å²) in [7, 11) is 0. The van der Waals surface area contributed by atoms with E-state index in [2.05, 4.69) is 6.58 Å². The van der Waals surface area contributed by atoms with Crippen LogP contribution in [0.4, 0.5) is 0 Å². The van der Waals surface area contributed by atoms with E-state index >= 15 is 0 Å². The van der Waals surface area contributed by atoms with Crippen LogP contribution >= 0.6 is 0 Å². The molecule has 0 bridgehead atoms. The van der Waals surface area contributed by atoms with Gasteiger partial charge < -0.3 is 9.80 Å². The molecule has 0 aromatic rings. The number of hydrogen-bond acceptors (Lipinski definition) is 2. The fourth-order valence-corrected chi connectivity index (χ4v) is 2.50. The first-order valence-corrected chi connectivity index (χ1v) is 6.60. The van der Waals surface area contributed by atoms with E-state index < -0.39 is 0 Å². The van der Waals surface area contributed by atoms with Crippen molar-refractivity contribution in [3.63, 3.8) is 0 Å². The van der Waals surface area contributed by atoms with Crippen LogP contribution in [0.5, 0.6) is 0 Å². The van der Waals surface area contributed by atoms with Crippen LogP contribution in [-0.2, 0) is 9.59 Å². The van der Waals surface area contributed by atoms with Crippen LogP contribution in [0.2, 0.25) is 0 Å². The quantitative estimate of drug-likeness (QED) is 0.765. The summed E-state index contributed by atoms with van der Waals surface area (Å²) in [5.74, 6) is 0.569. The zero-order valence-electron chi connectivity index (χ0n) is 10.7. The Hall–Kier alpha value is -1.58. The lowest BCUT2D eigenvalue weighted by Gasteiger charge is -2.14. The summed E-state index contributed by atoms with van der Waals surface area (Å²) in [5, 5.41) is 0. The highest BCUT2D eigenvalue weighted by molar-refractivity contribution is 5.79. The van der Waals surface area contributed by atoms with Crippen LogP contribution in [0, 0.1) is 5.92 Å². The Balaban J connectivity index is 1.93. The van der Waals surface area contributed by atoms with Crippen molar-refractivity contribution in [2.75, 3.05) is 13.1 Å². The number of nitrogens with zero attached hydrogens (tertiary/aromatic N) is 2. The number of amides is 2. The van der Waals surface area contributed by atoms with E-state index in [4.69, 9.17) is 0 Å². The summed E-state index contributed by atoms with van der Waals surface area (Å²) in [6.45, 7) is 5.23. The molecule has 4 nitrogen and oxygen atoms in total. The van der Waals surface area contributed by atoms with E-state index in [-0.39, 0.29) is 17.7 Å². The molecular weight excluding hydrogens is 228 g/mol. The van der Waals surface area contributed by atoms with Gasteiger partial charge in [0, 0.05) is 32.1 Å². The molecule has 0 aromatic heterocycles. The van der Waals surface area contributed by atoms with Crippen molar-refractivity contribution in [3.05, 3.63) is 25.1 Å². The molecule has 18 heavy (non-hydrogen) atoms. The van der Waals surface area contributed by atoms with Crippen LogP contribution in [-0.4, -0.2) is 34.7 Å². The molecule has 0 aromatic carbocycles. The van der Waals surface area contributed by atoms with Crippen molar-refractivity contribution < 1.29 is 9.59 Å². The van der Waals surface area contributed by atoms with Gasteiger partial charge in [-0.25, -0.2) is 0 Å². The molecule has 2 fully saturated rings. The lowest BCUT2D eigenvalue weighted by atomic mass is 10.0. The fourth-order valence-electron chi connectivity index (χ4n) is 2.50.